The molecule has 190 valence electrons. The minimum atomic E-state index is -0.00652. The van der Waals surface area contributed by atoms with E-state index in [2.05, 4.69) is 66.9 Å². The molecule has 0 aliphatic heterocycles. The van der Waals surface area contributed by atoms with Crippen LogP contribution in [0.25, 0.3) is 0 Å². The van der Waals surface area contributed by atoms with E-state index in [0.29, 0.717) is 30.8 Å². The first-order valence-corrected chi connectivity index (χ1v) is 13.2. The maximum Gasteiger partial charge on any atom is 0.220 e. The fraction of sp³-hybridized carbons (Fsp3) is 0.517. The molecule has 0 heterocycles. The number of halogens is 1. The molecule has 1 fully saturated rings. The number of hydrogen-bond acceptors (Lipinski definition) is 3. The number of nitrogens with zero attached hydrogens (tertiary/aromatic N) is 1. The second kappa shape index (κ2) is 13.1. The normalized spacial score (nSPS) is 20.9. The van der Waals surface area contributed by atoms with Gasteiger partial charge in [-0.2, -0.15) is 0 Å². The van der Waals surface area contributed by atoms with E-state index in [4.69, 9.17) is 11.6 Å². The van der Waals surface area contributed by atoms with Gasteiger partial charge in [0, 0.05) is 36.0 Å². The van der Waals surface area contributed by atoms with Crippen molar-refractivity contribution in [2.24, 2.45) is 0 Å². The van der Waals surface area contributed by atoms with Gasteiger partial charge in [-0.3, -0.25) is 9.59 Å². The smallest absolute Gasteiger partial charge is 0.220 e. The van der Waals surface area contributed by atoms with Gasteiger partial charge in [-0.25, -0.2) is 0 Å². The van der Waals surface area contributed by atoms with Gasteiger partial charge in [0.15, 0.2) is 0 Å². The van der Waals surface area contributed by atoms with Crippen molar-refractivity contribution in [1.29, 1.82) is 0 Å². The van der Waals surface area contributed by atoms with E-state index in [-0.39, 0.29) is 29.3 Å². The van der Waals surface area contributed by atoms with Gasteiger partial charge in [-0.15, -0.1) is 0 Å². The number of benzene rings is 2. The first-order chi connectivity index (χ1) is 16.8. The molecule has 0 aromatic heterocycles. The summed E-state index contributed by atoms with van der Waals surface area (Å²) in [5.74, 6) is 0.257. The highest BCUT2D eigenvalue weighted by Crippen LogP contribution is 2.35. The van der Waals surface area contributed by atoms with Crippen molar-refractivity contribution in [1.82, 2.24) is 15.5 Å². The molecule has 1 aliphatic rings. The zero-order valence-corrected chi connectivity index (χ0v) is 22.1. The molecule has 1 atom stereocenters. The Balaban J connectivity index is 1.34. The molecule has 2 amide bonds. The zero-order chi connectivity index (χ0) is 25.3. The number of carbonyl (C=O) groups excluding carboxylic acids is 2. The number of amides is 2. The van der Waals surface area contributed by atoms with E-state index >= 15 is 0 Å². The lowest BCUT2D eigenvalue weighted by Crippen LogP contribution is -2.52. The van der Waals surface area contributed by atoms with Crippen LogP contribution in [0.2, 0.25) is 5.02 Å². The number of rotatable bonds is 11. The van der Waals surface area contributed by atoms with E-state index in [1.807, 2.05) is 24.3 Å². The molecule has 5 nitrogen and oxygen atoms in total. The summed E-state index contributed by atoms with van der Waals surface area (Å²) in [6.45, 7) is 2.65. The fourth-order valence-corrected chi connectivity index (χ4v) is 5.16. The van der Waals surface area contributed by atoms with Crippen LogP contribution in [0, 0.1) is 0 Å². The molecule has 35 heavy (non-hydrogen) atoms. The largest absolute Gasteiger partial charge is 0.356 e. The molecular formula is C29H40ClN3O2. The Hall–Kier alpha value is -2.37. The van der Waals surface area contributed by atoms with Gasteiger partial charge in [-0.1, -0.05) is 61.0 Å². The highest BCUT2D eigenvalue weighted by molar-refractivity contribution is 6.30. The van der Waals surface area contributed by atoms with Crippen LogP contribution in [-0.4, -0.2) is 48.9 Å². The van der Waals surface area contributed by atoms with Gasteiger partial charge in [0.25, 0.3) is 0 Å². The molecule has 1 unspecified atom stereocenters. The Bertz CT molecular complexity index is 938. The van der Waals surface area contributed by atoms with Gasteiger partial charge >= 0.3 is 0 Å². The van der Waals surface area contributed by atoms with Crippen molar-refractivity contribution >= 4 is 23.4 Å². The second-order valence-corrected chi connectivity index (χ2v) is 10.7. The Labute approximate surface area is 215 Å². The number of likely N-dealkylation sites (N-methyl/N-ethyl adjacent to an activating group) is 1. The summed E-state index contributed by atoms with van der Waals surface area (Å²) in [6, 6.07) is 18.6. The molecule has 3 rings (SSSR count). The van der Waals surface area contributed by atoms with Crippen molar-refractivity contribution in [3.8, 4) is 0 Å². The minimum Gasteiger partial charge on any atom is -0.356 e. The highest BCUT2D eigenvalue weighted by Gasteiger charge is 2.37. The summed E-state index contributed by atoms with van der Waals surface area (Å²) in [7, 11) is 4.34. The molecule has 0 bridgehead atoms. The molecule has 2 N–H and O–H groups in total. The highest BCUT2D eigenvalue weighted by atomic mass is 35.5. The SMILES string of the molecule is CC(CNC(=O)CCCC(=O)NC1CCC(Cc2ccccc2)(N(C)C)CC1)c1ccc(Cl)cc1. The lowest BCUT2D eigenvalue weighted by Gasteiger charge is -2.45. The standard InChI is InChI=1S/C29H40ClN3O2/c1-22(24-12-14-25(30)15-13-24)21-31-27(34)10-7-11-28(35)32-26-16-18-29(19-17-26,33(2)3)20-23-8-5-4-6-9-23/h4-6,8-9,12-15,22,26H,7,10-11,16-21H2,1-3H3,(H,31,34)(H,32,35). The molecule has 2 aromatic carbocycles. The van der Waals surface area contributed by atoms with Gasteiger partial charge < -0.3 is 15.5 Å². The number of carbonyl (C=O) groups is 2. The topological polar surface area (TPSA) is 61.4 Å². The Morgan fingerprint density at radius 3 is 2.26 bits per heavy atom. The van der Waals surface area contributed by atoms with E-state index < -0.39 is 0 Å². The Morgan fingerprint density at radius 1 is 1.00 bits per heavy atom. The third-order valence-corrected chi connectivity index (χ3v) is 7.71. The maximum atomic E-state index is 12.5. The molecule has 2 aromatic rings. The molecular weight excluding hydrogens is 458 g/mol. The number of hydrogen-bond donors (Lipinski definition) is 2. The summed E-state index contributed by atoms with van der Waals surface area (Å²) in [5, 5.41) is 6.90. The summed E-state index contributed by atoms with van der Waals surface area (Å²) < 4.78 is 0. The van der Waals surface area contributed by atoms with E-state index in [9.17, 15) is 9.59 Å². The zero-order valence-electron chi connectivity index (χ0n) is 21.4. The minimum absolute atomic E-state index is 0.00652. The van der Waals surface area contributed by atoms with Crippen LogP contribution in [-0.2, 0) is 16.0 Å². The van der Waals surface area contributed by atoms with Crippen molar-refractivity contribution < 1.29 is 9.59 Å². The first-order valence-electron chi connectivity index (χ1n) is 12.8. The average molecular weight is 498 g/mol. The van der Waals surface area contributed by atoms with Crippen molar-refractivity contribution in [2.75, 3.05) is 20.6 Å². The molecule has 1 aliphatic carbocycles. The summed E-state index contributed by atoms with van der Waals surface area (Å²) >= 11 is 5.94. The van der Waals surface area contributed by atoms with Gasteiger partial charge in [0.1, 0.15) is 0 Å². The maximum absolute atomic E-state index is 12.5. The molecule has 6 heteroatoms. The van der Waals surface area contributed by atoms with Crippen molar-refractivity contribution in [3.63, 3.8) is 0 Å². The molecule has 0 saturated heterocycles. The lowest BCUT2D eigenvalue weighted by molar-refractivity contribution is -0.123. The summed E-state index contributed by atoms with van der Waals surface area (Å²) in [5.41, 5.74) is 2.65. The van der Waals surface area contributed by atoms with Crippen LogP contribution in [0.3, 0.4) is 0 Å². The van der Waals surface area contributed by atoms with E-state index in [1.165, 1.54) is 5.56 Å². The van der Waals surface area contributed by atoms with Crippen LogP contribution in [0.1, 0.15) is 68.9 Å². The fourth-order valence-electron chi connectivity index (χ4n) is 5.03. The van der Waals surface area contributed by atoms with Gasteiger partial charge in [0.2, 0.25) is 11.8 Å². The lowest BCUT2D eigenvalue weighted by atomic mass is 9.75. The molecule has 0 radical (unpaired) electrons. The van der Waals surface area contributed by atoms with E-state index in [1.54, 1.807) is 0 Å². The average Bonchev–Trinajstić information content (AvgIpc) is 2.85. The molecule has 1 saturated carbocycles. The number of nitrogens with one attached hydrogen (secondary N) is 2. The van der Waals surface area contributed by atoms with Crippen LogP contribution in [0.15, 0.2) is 54.6 Å². The van der Waals surface area contributed by atoms with Crippen molar-refractivity contribution in [3.05, 3.63) is 70.7 Å². The van der Waals surface area contributed by atoms with Gasteiger partial charge in [0.05, 0.1) is 0 Å². The third kappa shape index (κ3) is 8.36. The Kier molecular flexibility index (Phi) is 10.2. The van der Waals surface area contributed by atoms with Gasteiger partial charge in [-0.05, 0) is 81.8 Å². The predicted octanol–water partition coefficient (Wildman–Crippen LogP) is 5.33. The quantitative estimate of drug-likeness (QED) is 0.441. The summed E-state index contributed by atoms with van der Waals surface area (Å²) in [6.07, 6.45) is 6.45. The van der Waals surface area contributed by atoms with Crippen molar-refractivity contribution in [2.45, 2.75) is 75.8 Å². The Morgan fingerprint density at radius 2 is 1.63 bits per heavy atom. The monoisotopic (exact) mass is 497 g/mol. The predicted molar refractivity (Wildman–Crippen MR) is 144 cm³/mol. The van der Waals surface area contributed by atoms with Crippen LogP contribution < -0.4 is 10.6 Å². The van der Waals surface area contributed by atoms with E-state index in [0.717, 1.165) is 37.7 Å². The van der Waals surface area contributed by atoms with Crippen LogP contribution in [0.5, 0.6) is 0 Å². The first kappa shape index (κ1) is 27.2. The third-order valence-electron chi connectivity index (χ3n) is 7.46. The molecule has 0 spiro atoms. The second-order valence-electron chi connectivity index (χ2n) is 10.2. The summed E-state index contributed by atoms with van der Waals surface area (Å²) in [4.78, 5) is 27.1. The van der Waals surface area contributed by atoms with Crippen LogP contribution >= 0.6 is 11.6 Å². The van der Waals surface area contributed by atoms with Crippen LogP contribution in [0.4, 0.5) is 0 Å².